The highest BCUT2D eigenvalue weighted by Crippen LogP contribution is 2.35. The molecule has 4 N–H and O–H groups in total. The molecule has 0 aliphatic heterocycles. The van der Waals surface area contributed by atoms with Crippen molar-refractivity contribution >= 4 is 0 Å². The van der Waals surface area contributed by atoms with E-state index in [0.717, 1.165) is 39.9 Å². The zero-order valence-corrected chi connectivity index (χ0v) is 34.1. The van der Waals surface area contributed by atoms with Gasteiger partial charge in [-0.15, -0.1) is 0 Å². The molecule has 296 valence electrons. The van der Waals surface area contributed by atoms with Crippen molar-refractivity contribution in [3.8, 4) is 23.0 Å². The first-order chi connectivity index (χ1) is 25.0. The van der Waals surface area contributed by atoms with E-state index < -0.39 is 0 Å². The maximum Gasteiger partial charge on any atom is 0.126 e. The molecule has 0 aromatic heterocycles. The highest BCUT2D eigenvalue weighted by atomic mass is 16.6. The molecule has 10 nitrogen and oxygen atoms in total. The maximum absolute atomic E-state index is 10.9. The van der Waals surface area contributed by atoms with Gasteiger partial charge in [0.1, 0.15) is 23.0 Å². The lowest BCUT2D eigenvalue weighted by atomic mass is 10.0. The van der Waals surface area contributed by atoms with E-state index >= 15 is 0 Å². The fourth-order valence-electron chi connectivity index (χ4n) is 6.68. The van der Waals surface area contributed by atoms with Gasteiger partial charge in [0, 0.05) is 54.0 Å². The van der Waals surface area contributed by atoms with E-state index in [1.54, 1.807) is 6.92 Å². The summed E-state index contributed by atoms with van der Waals surface area (Å²) >= 11 is 0. The molecule has 4 unspecified atom stereocenters. The van der Waals surface area contributed by atoms with Crippen LogP contribution in [0.4, 0.5) is 0 Å². The minimum atomic E-state index is -0.158. The van der Waals surface area contributed by atoms with Crippen LogP contribution in [-0.2, 0) is 38.6 Å². The van der Waals surface area contributed by atoms with Gasteiger partial charge in [0.05, 0.1) is 51.8 Å². The number of nitrogens with zero attached hydrogens (tertiary/aromatic N) is 2. The second-order valence-electron chi connectivity index (χ2n) is 15.0. The number of phenols is 4. The van der Waals surface area contributed by atoms with E-state index in [-0.39, 0.29) is 41.5 Å². The zero-order chi connectivity index (χ0) is 39.4. The lowest BCUT2D eigenvalue weighted by Gasteiger charge is -2.31. The van der Waals surface area contributed by atoms with E-state index in [0.29, 0.717) is 81.7 Å². The maximum atomic E-state index is 10.9. The lowest BCUT2D eigenvalue weighted by Crippen LogP contribution is -2.37. The Labute approximate surface area is 318 Å². The van der Waals surface area contributed by atoms with Gasteiger partial charge in [-0.3, -0.25) is 9.80 Å². The summed E-state index contributed by atoms with van der Waals surface area (Å²) < 4.78 is 24.0. The third-order valence-corrected chi connectivity index (χ3v) is 9.92. The van der Waals surface area contributed by atoms with E-state index in [1.807, 2.05) is 65.8 Å². The summed E-state index contributed by atoms with van der Waals surface area (Å²) in [5.41, 5.74) is 7.53. The number of aryl methyl sites for hydroxylation is 5. The largest absolute Gasteiger partial charge is 0.507 e. The minimum absolute atomic E-state index is 0.0679. The molecule has 10 heteroatoms. The van der Waals surface area contributed by atoms with Gasteiger partial charge in [-0.25, -0.2) is 0 Å². The fraction of sp³-hybridized carbons (Fsp3) is 0.581. The molecular formula is C43H66N2O8. The van der Waals surface area contributed by atoms with Crippen LogP contribution in [-0.4, -0.2) is 101 Å². The van der Waals surface area contributed by atoms with Gasteiger partial charge in [0.2, 0.25) is 0 Å². The van der Waals surface area contributed by atoms with Crippen molar-refractivity contribution in [3.05, 3.63) is 80.4 Å². The number of benzene rings is 3. The Morgan fingerprint density at radius 1 is 0.509 bits per heavy atom. The second-order valence-corrected chi connectivity index (χ2v) is 15.0. The molecule has 3 aromatic carbocycles. The second kappa shape index (κ2) is 20.9. The average Bonchev–Trinajstić information content (AvgIpc) is 3.10. The molecule has 0 aliphatic rings. The van der Waals surface area contributed by atoms with E-state index in [1.165, 1.54) is 0 Å². The van der Waals surface area contributed by atoms with Gasteiger partial charge in [-0.05, 0) is 98.5 Å². The Morgan fingerprint density at radius 3 is 1.55 bits per heavy atom. The van der Waals surface area contributed by atoms with E-state index in [4.69, 9.17) is 18.9 Å². The number of hydrogen-bond acceptors (Lipinski definition) is 10. The number of ether oxygens (including phenoxy) is 4. The van der Waals surface area contributed by atoms with Crippen molar-refractivity contribution < 1.29 is 39.4 Å². The molecule has 0 saturated heterocycles. The van der Waals surface area contributed by atoms with Crippen LogP contribution in [0, 0.1) is 41.5 Å². The molecule has 0 aliphatic carbocycles. The molecule has 53 heavy (non-hydrogen) atoms. The topological polar surface area (TPSA) is 124 Å². The molecule has 0 saturated carbocycles. The van der Waals surface area contributed by atoms with Crippen LogP contribution in [0.25, 0.3) is 0 Å². The molecule has 0 radical (unpaired) electrons. The van der Waals surface area contributed by atoms with Crippen LogP contribution in [0.1, 0.15) is 84.7 Å². The summed E-state index contributed by atoms with van der Waals surface area (Å²) in [6.07, 6.45) is -0.239. The average molecular weight is 739 g/mol. The zero-order valence-electron chi connectivity index (χ0n) is 34.1. The van der Waals surface area contributed by atoms with Crippen LogP contribution in [0.5, 0.6) is 23.0 Å². The van der Waals surface area contributed by atoms with Gasteiger partial charge in [0.15, 0.2) is 0 Å². The molecular weight excluding hydrogens is 672 g/mol. The van der Waals surface area contributed by atoms with Crippen molar-refractivity contribution in [1.82, 2.24) is 9.80 Å². The Morgan fingerprint density at radius 2 is 0.981 bits per heavy atom. The van der Waals surface area contributed by atoms with E-state index in [2.05, 4.69) is 43.6 Å². The fourth-order valence-corrected chi connectivity index (χ4v) is 6.68. The normalized spacial score (nSPS) is 14.2. The van der Waals surface area contributed by atoms with Crippen molar-refractivity contribution in [2.24, 2.45) is 0 Å². The van der Waals surface area contributed by atoms with Crippen LogP contribution in [0.2, 0.25) is 0 Å². The third kappa shape index (κ3) is 13.2. The standard InChI is InChI=1S/C43H66N2O8/c1-12-44(20-37-17-27(2)15-29(4)41(37)47)32(7)23-51-26-34(9)52-14-13-50-25-35(10)53-24-33(8)45(21-38-18-28(3)16-30(5)42(38)48)22-39-19-31(6)40(46)36(11)43(39)49/h15-19,32-35,46-49H,12-14,20-26H2,1-11H3. The van der Waals surface area contributed by atoms with Gasteiger partial charge < -0.3 is 39.4 Å². The summed E-state index contributed by atoms with van der Waals surface area (Å²) in [7, 11) is 0. The first kappa shape index (κ1) is 44.0. The van der Waals surface area contributed by atoms with E-state index in [9.17, 15) is 20.4 Å². The minimum Gasteiger partial charge on any atom is -0.507 e. The van der Waals surface area contributed by atoms with Crippen molar-refractivity contribution in [2.45, 2.75) is 120 Å². The Balaban J connectivity index is 1.43. The highest BCUT2D eigenvalue weighted by Gasteiger charge is 2.22. The Hall–Kier alpha value is -3.38. The molecule has 4 atom stereocenters. The van der Waals surface area contributed by atoms with Crippen LogP contribution < -0.4 is 0 Å². The lowest BCUT2D eigenvalue weighted by molar-refractivity contribution is -0.0602. The molecule has 0 bridgehead atoms. The summed E-state index contributed by atoms with van der Waals surface area (Å²) in [5.74, 6) is 0.807. The summed E-state index contributed by atoms with van der Waals surface area (Å²) in [5, 5.41) is 42.6. The van der Waals surface area contributed by atoms with Crippen molar-refractivity contribution in [1.29, 1.82) is 0 Å². The molecule has 0 heterocycles. The number of likely N-dealkylation sites (N-methyl/N-ethyl adjacent to an activating group) is 1. The Kier molecular flexibility index (Phi) is 17.4. The number of phenolic OH excluding ortho intramolecular Hbond substituents is 4. The van der Waals surface area contributed by atoms with Gasteiger partial charge in [-0.1, -0.05) is 42.3 Å². The molecule has 3 rings (SSSR count). The van der Waals surface area contributed by atoms with Gasteiger partial charge in [0.25, 0.3) is 0 Å². The third-order valence-electron chi connectivity index (χ3n) is 9.92. The first-order valence-corrected chi connectivity index (χ1v) is 19.0. The Bertz CT molecular complexity index is 1610. The van der Waals surface area contributed by atoms with Crippen LogP contribution in [0.15, 0.2) is 30.3 Å². The van der Waals surface area contributed by atoms with Gasteiger partial charge >= 0.3 is 0 Å². The SMILES string of the molecule is CCN(Cc1cc(C)cc(C)c1O)C(C)COCC(C)OCCOCC(C)OCC(C)N(Cc1cc(C)cc(C)c1O)Cc1cc(C)c(O)c(C)c1O. The summed E-state index contributed by atoms with van der Waals surface area (Å²) in [6.45, 7) is 26.8. The smallest absolute Gasteiger partial charge is 0.126 e. The van der Waals surface area contributed by atoms with Crippen LogP contribution in [0.3, 0.4) is 0 Å². The van der Waals surface area contributed by atoms with Gasteiger partial charge in [-0.2, -0.15) is 0 Å². The predicted molar refractivity (Wildman–Crippen MR) is 211 cm³/mol. The predicted octanol–water partition coefficient (Wildman–Crippen LogP) is 7.50. The van der Waals surface area contributed by atoms with Crippen molar-refractivity contribution in [3.63, 3.8) is 0 Å². The number of rotatable bonds is 22. The monoisotopic (exact) mass is 738 g/mol. The highest BCUT2D eigenvalue weighted by molar-refractivity contribution is 5.52. The molecule has 0 amide bonds. The van der Waals surface area contributed by atoms with Crippen molar-refractivity contribution in [2.75, 3.05) is 46.2 Å². The van der Waals surface area contributed by atoms with Crippen LogP contribution >= 0.6 is 0 Å². The molecule has 0 fully saturated rings. The molecule has 0 spiro atoms. The number of hydrogen-bond donors (Lipinski definition) is 4. The number of aromatic hydroxyl groups is 4. The summed E-state index contributed by atoms with van der Waals surface area (Å²) in [4.78, 5) is 4.47. The quantitative estimate of drug-likeness (QED) is 0.0771. The first-order valence-electron chi connectivity index (χ1n) is 19.0. The molecule has 3 aromatic rings. The summed E-state index contributed by atoms with van der Waals surface area (Å²) in [6, 6.07) is 9.92.